The first-order valence-electron chi connectivity index (χ1n) is 9.15. The van der Waals surface area contributed by atoms with Gasteiger partial charge in [-0.15, -0.1) is 0 Å². The van der Waals surface area contributed by atoms with Crippen molar-refractivity contribution in [2.24, 2.45) is 0 Å². The Morgan fingerprint density at radius 3 is 2.37 bits per heavy atom. The van der Waals surface area contributed by atoms with E-state index in [-0.39, 0.29) is 5.56 Å². The summed E-state index contributed by atoms with van der Waals surface area (Å²) in [6.45, 7) is 8.00. The fourth-order valence-electron chi connectivity index (χ4n) is 2.66. The van der Waals surface area contributed by atoms with E-state index in [1.807, 2.05) is 89.2 Å². The molecule has 0 atom stereocenters. The number of nitrogens with one attached hydrogen (secondary N) is 1. The molecule has 0 unspecified atom stereocenters. The summed E-state index contributed by atoms with van der Waals surface area (Å²) in [5, 5.41) is 8.18. The largest absolute Gasteiger partial charge is 0.456 e. The molecular weight excluding hydrogens is 338 g/mol. The molecule has 4 rings (SSSR count). The van der Waals surface area contributed by atoms with Crippen LogP contribution >= 0.6 is 0 Å². The number of benzene rings is 2. The van der Waals surface area contributed by atoms with Gasteiger partial charge in [-0.3, -0.25) is 4.79 Å². The van der Waals surface area contributed by atoms with E-state index in [0.29, 0.717) is 11.1 Å². The molecule has 0 aliphatic carbocycles. The van der Waals surface area contributed by atoms with Gasteiger partial charge in [0.15, 0.2) is 0 Å². The van der Waals surface area contributed by atoms with Crippen molar-refractivity contribution in [3.8, 4) is 22.8 Å². The molecule has 1 N–H and O–H groups in total. The quantitative estimate of drug-likeness (QED) is 0.461. The number of aromatic amines is 1. The van der Waals surface area contributed by atoms with Crippen molar-refractivity contribution in [1.82, 2.24) is 10.2 Å². The molecule has 2 aromatic carbocycles. The molecule has 1 aliphatic heterocycles. The van der Waals surface area contributed by atoms with E-state index in [4.69, 9.17) is 4.74 Å². The summed E-state index contributed by atoms with van der Waals surface area (Å²) in [4.78, 5) is 13.9. The molecule has 5 heteroatoms. The number of H-pyrrole nitrogens is 1. The fourth-order valence-corrected chi connectivity index (χ4v) is 2.66. The van der Waals surface area contributed by atoms with E-state index in [1.165, 1.54) is 0 Å². The highest BCUT2D eigenvalue weighted by Crippen LogP contribution is 2.45. The molecule has 0 radical (unpaired) electrons. The van der Waals surface area contributed by atoms with Crippen molar-refractivity contribution >= 4 is 16.5 Å². The Labute approximate surface area is 160 Å². The molecule has 1 aromatic heterocycles. The number of aromatic nitrogens is 2. The molecule has 5 nitrogen and oxygen atoms in total. The van der Waals surface area contributed by atoms with Gasteiger partial charge in [0.05, 0.1) is 10.8 Å². The zero-order valence-corrected chi connectivity index (χ0v) is 16.8. The van der Waals surface area contributed by atoms with Crippen molar-refractivity contribution in [3.63, 3.8) is 0 Å². The second kappa shape index (κ2) is 9.03. The summed E-state index contributed by atoms with van der Waals surface area (Å²) in [6, 6.07) is 11.4. The molecule has 0 bridgehead atoms. The van der Waals surface area contributed by atoms with Gasteiger partial charge < -0.3 is 9.64 Å². The van der Waals surface area contributed by atoms with Crippen molar-refractivity contribution in [3.05, 3.63) is 58.9 Å². The molecular formula is C22H27N3O2. The van der Waals surface area contributed by atoms with Crippen LogP contribution in [-0.4, -0.2) is 24.3 Å². The molecule has 27 heavy (non-hydrogen) atoms. The summed E-state index contributed by atoms with van der Waals surface area (Å²) in [7, 11) is 3.96. The van der Waals surface area contributed by atoms with E-state index < -0.39 is 0 Å². The lowest BCUT2D eigenvalue weighted by molar-refractivity contribution is 0.486. The number of nitrogens with zero attached hydrogens (tertiary/aromatic N) is 2. The van der Waals surface area contributed by atoms with Gasteiger partial charge in [-0.1, -0.05) is 32.1 Å². The van der Waals surface area contributed by atoms with Gasteiger partial charge in [-0.2, -0.15) is 5.10 Å². The first-order valence-corrected chi connectivity index (χ1v) is 9.15. The highest BCUT2D eigenvalue weighted by atomic mass is 16.5. The summed E-state index contributed by atoms with van der Waals surface area (Å²) >= 11 is 0. The van der Waals surface area contributed by atoms with Gasteiger partial charge in [0.25, 0.3) is 5.56 Å². The van der Waals surface area contributed by atoms with Crippen LogP contribution in [0.25, 0.3) is 22.0 Å². The van der Waals surface area contributed by atoms with Crippen molar-refractivity contribution in [2.75, 3.05) is 19.0 Å². The maximum atomic E-state index is 11.9. The molecule has 0 amide bonds. The Kier molecular flexibility index (Phi) is 6.77. The lowest BCUT2D eigenvalue weighted by Gasteiger charge is -2.22. The molecule has 142 valence electrons. The maximum Gasteiger partial charge on any atom is 0.272 e. The smallest absolute Gasteiger partial charge is 0.272 e. The van der Waals surface area contributed by atoms with Crippen LogP contribution in [-0.2, 0) is 0 Å². The molecule has 0 fully saturated rings. The topological polar surface area (TPSA) is 58.2 Å². The predicted molar refractivity (Wildman–Crippen MR) is 114 cm³/mol. The number of ether oxygens (including phenoxy) is 1. The third kappa shape index (κ3) is 4.03. The van der Waals surface area contributed by atoms with E-state index in [0.717, 1.165) is 28.1 Å². The predicted octanol–water partition coefficient (Wildman–Crippen LogP) is 5.37. The molecule has 0 saturated heterocycles. The first-order chi connectivity index (χ1) is 13.1. The van der Waals surface area contributed by atoms with E-state index in [1.54, 1.807) is 6.07 Å². The van der Waals surface area contributed by atoms with Gasteiger partial charge >= 0.3 is 0 Å². The molecule has 3 aromatic rings. The second-order valence-corrected chi connectivity index (χ2v) is 5.92. The highest BCUT2D eigenvalue weighted by molar-refractivity contribution is 6.01. The van der Waals surface area contributed by atoms with E-state index >= 15 is 0 Å². The highest BCUT2D eigenvalue weighted by Gasteiger charge is 2.23. The molecule has 1 aliphatic rings. The summed E-state index contributed by atoms with van der Waals surface area (Å²) in [6.07, 6.45) is 4.00. The van der Waals surface area contributed by atoms with Crippen LogP contribution in [0.4, 0.5) is 5.69 Å². The third-order valence-electron chi connectivity index (χ3n) is 4.06. The third-order valence-corrected chi connectivity index (χ3v) is 4.06. The Morgan fingerprint density at radius 1 is 1.04 bits per heavy atom. The lowest BCUT2D eigenvalue weighted by atomic mass is 10.0. The van der Waals surface area contributed by atoms with Crippen LogP contribution in [0.1, 0.15) is 27.7 Å². The van der Waals surface area contributed by atoms with Crippen LogP contribution in [0, 0.1) is 0 Å². The Morgan fingerprint density at radius 2 is 1.74 bits per heavy atom. The minimum absolute atomic E-state index is 0.202. The summed E-state index contributed by atoms with van der Waals surface area (Å²) < 4.78 is 5.93. The normalized spacial score (nSPS) is 10.9. The van der Waals surface area contributed by atoms with Gasteiger partial charge in [0.1, 0.15) is 17.2 Å². The number of allylic oxidation sites excluding steroid dienone is 2. The average molecular weight is 365 g/mol. The Hall–Kier alpha value is -3.08. The number of anilines is 1. The van der Waals surface area contributed by atoms with Gasteiger partial charge in [-0.25, -0.2) is 5.10 Å². The van der Waals surface area contributed by atoms with Crippen LogP contribution in [0.5, 0.6) is 11.5 Å². The van der Waals surface area contributed by atoms with Crippen LogP contribution in [0.15, 0.2) is 53.3 Å². The minimum atomic E-state index is -0.202. The number of hydrogen-bond acceptors (Lipinski definition) is 4. The zero-order valence-electron chi connectivity index (χ0n) is 16.8. The van der Waals surface area contributed by atoms with Crippen LogP contribution in [0.3, 0.4) is 0 Å². The maximum absolute atomic E-state index is 11.9. The Balaban J connectivity index is 0.000000389. The average Bonchev–Trinajstić information content (AvgIpc) is 2.71. The van der Waals surface area contributed by atoms with Gasteiger partial charge in [-0.05, 0) is 44.2 Å². The molecule has 0 saturated carbocycles. The number of rotatable bonds is 1. The lowest BCUT2D eigenvalue weighted by Crippen LogP contribution is -2.13. The van der Waals surface area contributed by atoms with Crippen LogP contribution < -0.4 is 15.2 Å². The monoisotopic (exact) mass is 365 g/mol. The van der Waals surface area contributed by atoms with E-state index in [9.17, 15) is 4.79 Å². The van der Waals surface area contributed by atoms with E-state index in [2.05, 4.69) is 10.2 Å². The van der Waals surface area contributed by atoms with Crippen LogP contribution in [0.2, 0.25) is 0 Å². The zero-order chi connectivity index (χ0) is 20.0. The van der Waals surface area contributed by atoms with Crippen molar-refractivity contribution in [1.29, 1.82) is 0 Å². The fraction of sp³-hybridized carbons (Fsp3) is 0.273. The summed E-state index contributed by atoms with van der Waals surface area (Å²) in [5.41, 5.74) is 2.50. The molecule has 0 spiro atoms. The number of hydrogen-bond donors (Lipinski definition) is 1. The summed E-state index contributed by atoms with van der Waals surface area (Å²) in [5.74, 6) is 1.42. The molecule has 2 heterocycles. The van der Waals surface area contributed by atoms with Crippen molar-refractivity contribution in [2.45, 2.75) is 27.7 Å². The van der Waals surface area contributed by atoms with Gasteiger partial charge in [0.2, 0.25) is 0 Å². The Bertz CT molecular complexity index is 1000. The van der Waals surface area contributed by atoms with Crippen molar-refractivity contribution < 1.29 is 4.74 Å². The number of fused-ring (bicyclic) bond motifs is 2. The van der Waals surface area contributed by atoms with Gasteiger partial charge in [0, 0.05) is 25.3 Å². The standard InChI is InChI=1S/C16H13N3O2.C4H8.C2H6/c1-19(2)9-6-7-12-11(8-9)15-14-10(16(20)18-17-15)4-3-5-13(14)21-12;1-3-4-2;1-2/h3-8H,1-2H3,(H,18,20);3-4H,1-2H3;1-2H3/b;4-3-;. The minimum Gasteiger partial charge on any atom is -0.456 e. The SMILES string of the molecule is C/C=C\C.CC.CN(C)c1ccc2c(c1)-c1n[nH]c(=O)c3cccc(c13)O2. The first kappa shape index (κ1) is 20.2. The second-order valence-electron chi connectivity index (χ2n) is 5.92.